The molecule has 21 heavy (non-hydrogen) atoms. The molecule has 0 unspecified atom stereocenters. The van der Waals surface area contributed by atoms with E-state index in [1.54, 1.807) is 6.07 Å². The largest absolute Gasteiger partial charge is 0.478 e. The minimum Gasteiger partial charge on any atom is -0.478 e. The highest BCUT2D eigenvalue weighted by atomic mass is 79.9. The Bertz CT molecular complexity index is 542. The van der Waals surface area contributed by atoms with Crippen LogP contribution in [0.3, 0.4) is 0 Å². The molecule has 0 heterocycles. The van der Waals surface area contributed by atoms with Gasteiger partial charge in [0.1, 0.15) is 0 Å². The van der Waals surface area contributed by atoms with Crippen LogP contribution in [0.4, 0.5) is 10.5 Å². The van der Waals surface area contributed by atoms with Crippen LogP contribution in [0.5, 0.6) is 0 Å². The Labute approximate surface area is 132 Å². The van der Waals surface area contributed by atoms with Gasteiger partial charge >= 0.3 is 12.0 Å². The molecule has 1 aliphatic rings. The van der Waals surface area contributed by atoms with Crippen molar-refractivity contribution in [3.8, 4) is 0 Å². The van der Waals surface area contributed by atoms with Crippen molar-refractivity contribution in [3.63, 3.8) is 0 Å². The number of aromatic carboxylic acids is 1. The number of amides is 2. The summed E-state index contributed by atoms with van der Waals surface area (Å²) in [7, 11) is 0. The van der Waals surface area contributed by atoms with Gasteiger partial charge in [-0.3, -0.25) is 0 Å². The van der Waals surface area contributed by atoms with Gasteiger partial charge in [0.2, 0.25) is 0 Å². The summed E-state index contributed by atoms with van der Waals surface area (Å²) in [4.78, 5) is 25.2. The smallest absolute Gasteiger partial charge is 0.335 e. The number of hydrogen-bond acceptors (Lipinski definition) is 2. The summed E-state index contributed by atoms with van der Waals surface area (Å²) in [5.74, 6) is -1.02. The molecule has 0 spiro atoms. The quantitative estimate of drug-likeness (QED) is 0.859. The number of benzene rings is 1. The van der Waals surface area contributed by atoms with Crippen LogP contribution in [-0.2, 0) is 0 Å². The van der Waals surface area contributed by atoms with E-state index < -0.39 is 5.97 Å². The molecule has 2 amide bonds. The molecule has 114 valence electrons. The zero-order chi connectivity index (χ0) is 15.4. The first-order valence-electron chi connectivity index (χ1n) is 7.12. The SMILES string of the molecule is CCN(C(=O)Nc1cc(Br)cc(C(=O)O)c1)C1CCCC1. The van der Waals surface area contributed by atoms with E-state index in [0.717, 1.165) is 25.7 Å². The van der Waals surface area contributed by atoms with Crippen LogP contribution in [0, 0.1) is 0 Å². The summed E-state index contributed by atoms with van der Waals surface area (Å²) in [5.41, 5.74) is 0.631. The number of carboxylic acids is 1. The van der Waals surface area contributed by atoms with E-state index >= 15 is 0 Å². The number of nitrogens with zero attached hydrogens (tertiary/aromatic N) is 1. The first-order chi connectivity index (χ1) is 10.0. The van der Waals surface area contributed by atoms with Gasteiger partial charge in [-0.2, -0.15) is 0 Å². The first-order valence-corrected chi connectivity index (χ1v) is 7.92. The number of carbonyl (C=O) groups is 2. The number of urea groups is 1. The lowest BCUT2D eigenvalue weighted by Crippen LogP contribution is -2.41. The Kier molecular flexibility index (Phi) is 5.22. The fourth-order valence-electron chi connectivity index (χ4n) is 2.76. The van der Waals surface area contributed by atoms with Crippen LogP contribution in [-0.4, -0.2) is 34.6 Å². The number of anilines is 1. The minimum absolute atomic E-state index is 0.142. The molecule has 2 rings (SSSR count). The number of rotatable bonds is 4. The van der Waals surface area contributed by atoms with E-state index in [4.69, 9.17) is 5.11 Å². The molecule has 1 aromatic rings. The van der Waals surface area contributed by atoms with Crippen molar-refractivity contribution in [1.82, 2.24) is 4.90 Å². The Morgan fingerprint density at radius 2 is 2.00 bits per heavy atom. The molecule has 1 fully saturated rings. The van der Waals surface area contributed by atoms with Crippen molar-refractivity contribution in [2.24, 2.45) is 0 Å². The van der Waals surface area contributed by atoms with Gasteiger partial charge in [-0.1, -0.05) is 28.8 Å². The number of carbonyl (C=O) groups excluding carboxylic acids is 1. The van der Waals surface area contributed by atoms with Gasteiger partial charge in [0.15, 0.2) is 0 Å². The topological polar surface area (TPSA) is 69.6 Å². The van der Waals surface area contributed by atoms with Crippen molar-refractivity contribution >= 4 is 33.6 Å². The molecule has 1 aliphatic carbocycles. The molecule has 0 aromatic heterocycles. The average molecular weight is 355 g/mol. The lowest BCUT2D eigenvalue weighted by Gasteiger charge is -2.27. The molecule has 0 aliphatic heterocycles. The van der Waals surface area contributed by atoms with Gasteiger partial charge in [-0.05, 0) is 38.0 Å². The highest BCUT2D eigenvalue weighted by Gasteiger charge is 2.25. The third-order valence-electron chi connectivity index (χ3n) is 3.76. The lowest BCUT2D eigenvalue weighted by atomic mass is 10.2. The van der Waals surface area contributed by atoms with Crippen LogP contribution >= 0.6 is 15.9 Å². The molecule has 0 radical (unpaired) electrons. The molecule has 6 heteroatoms. The van der Waals surface area contributed by atoms with E-state index in [9.17, 15) is 9.59 Å². The van der Waals surface area contributed by atoms with Crippen molar-refractivity contribution in [3.05, 3.63) is 28.2 Å². The fraction of sp³-hybridized carbons (Fsp3) is 0.467. The summed E-state index contributed by atoms with van der Waals surface area (Å²) in [6, 6.07) is 4.80. The Morgan fingerprint density at radius 3 is 2.57 bits per heavy atom. The van der Waals surface area contributed by atoms with Gasteiger partial charge in [-0.25, -0.2) is 9.59 Å². The van der Waals surface area contributed by atoms with E-state index in [-0.39, 0.29) is 11.6 Å². The number of nitrogens with one attached hydrogen (secondary N) is 1. The average Bonchev–Trinajstić information content (AvgIpc) is 2.92. The Hall–Kier alpha value is -1.56. The summed E-state index contributed by atoms with van der Waals surface area (Å²) >= 11 is 3.26. The molecule has 0 atom stereocenters. The summed E-state index contributed by atoms with van der Waals surface area (Å²) in [6.45, 7) is 2.61. The molecule has 1 saturated carbocycles. The summed E-state index contributed by atoms with van der Waals surface area (Å²) < 4.78 is 0.626. The third kappa shape index (κ3) is 3.97. The van der Waals surface area contributed by atoms with E-state index in [1.165, 1.54) is 12.1 Å². The zero-order valence-electron chi connectivity index (χ0n) is 11.9. The highest BCUT2D eigenvalue weighted by Crippen LogP contribution is 2.25. The molecule has 2 N–H and O–H groups in total. The van der Waals surface area contributed by atoms with Crippen molar-refractivity contribution in [2.75, 3.05) is 11.9 Å². The second kappa shape index (κ2) is 6.93. The maximum absolute atomic E-state index is 12.4. The highest BCUT2D eigenvalue weighted by molar-refractivity contribution is 9.10. The maximum atomic E-state index is 12.4. The standard InChI is InChI=1S/C15H19BrN2O3/c1-2-18(13-5-3-4-6-13)15(21)17-12-8-10(14(19)20)7-11(16)9-12/h7-9,13H,2-6H2,1H3,(H,17,21)(H,19,20). The zero-order valence-corrected chi connectivity index (χ0v) is 13.5. The molecular formula is C15H19BrN2O3. The minimum atomic E-state index is -1.02. The first kappa shape index (κ1) is 15.8. The molecule has 0 saturated heterocycles. The predicted octanol–water partition coefficient (Wildman–Crippen LogP) is 3.94. The number of halogens is 1. The summed E-state index contributed by atoms with van der Waals surface area (Å²) in [5, 5.41) is 11.9. The van der Waals surface area contributed by atoms with E-state index in [0.29, 0.717) is 22.7 Å². The van der Waals surface area contributed by atoms with Crippen LogP contribution < -0.4 is 5.32 Å². The van der Waals surface area contributed by atoms with Gasteiger partial charge < -0.3 is 15.3 Å². The Morgan fingerprint density at radius 1 is 1.33 bits per heavy atom. The maximum Gasteiger partial charge on any atom is 0.335 e. The van der Waals surface area contributed by atoms with Crippen molar-refractivity contribution < 1.29 is 14.7 Å². The lowest BCUT2D eigenvalue weighted by molar-refractivity contribution is 0.0696. The normalized spacial score (nSPS) is 15.0. The fourth-order valence-corrected chi connectivity index (χ4v) is 3.26. The third-order valence-corrected chi connectivity index (χ3v) is 4.22. The van der Waals surface area contributed by atoms with Crippen LogP contribution in [0.1, 0.15) is 43.0 Å². The van der Waals surface area contributed by atoms with Gasteiger partial charge in [0.25, 0.3) is 0 Å². The molecule has 5 nitrogen and oxygen atoms in total. The molecular weight excluding hydrogens is 336 g/mol. The van der Waals surface area contributed by atoms with Crippen LogP contribution in [0.15, 0.2) is 22.7 Å². The van der Waals surface area contributed by atoms with Crippen LogP contribution in [0.2, 0.25) is 0 Å². The molecule has 0 bridgehead atoms. The van der Waals surface area contributed by atoms with Crippen LogP contribution in [0.25, 0.3) is 0 Å². The summed E-state index contributed by atoms with van der Waals surface area (Å²) in [6.07, 6.45) is 4.41. The predicted molar refractivity (Wildman–Crippen MR) is 84.8 cm³/mol. The second-order valence-corrected chi connectivity index (χ2v) is 6.10. The van der Waals surface area contributed by atoms with E-state index in [1.807, 2.05) is 11.8 Å². The van der Waals surface area contributed by atoms with Crippen molar-refractivity contribution in [2.45, 2.75) is 38.6 Å². The van der Waals surface area contributed by atoms with Gasteiger partial charge in [0, 0.05) is 22.7 Å². The number of carboxylic acid groups (broad SMARTS) is 1. The van der Waals surface area contributed by atoms with Crippen molar-refractivity contribution in [1.29, 1.82) is 0 Å². The van der Waals surface area contributed by atoms with E-state index in [2.05, 4.69) is 21.2 Å². The molecule has 1 aromatic carbocycles. The second-order valence-electron chi connectivity index (χ2n) is 5.19. The number of hydrogen-bond donors (Lipinski definition) is 2. The Balaban J connectivity index is 2.12. The van der Waals surface area contributed by atoms with Gasteiger partial charge in [0.05, 0.1) is 5.56 Å². The van der Waals surface area contributed by atoms with Gasteiger partial charge in [-0.15, -0.1) is 0 Å². The monoisotopic (exact) mass is 354 g/mol.